The SMILES string of the molecule is Cc1cc(C(C)(C)NC(=O)n2ccnc2)ccn1. The Labute approximate surface area is 106 Å². The van der Waals surface area contributed by atoms with Gasteiger partial charge in [-0.15, -0.1) is 0 Å². The van der Waals surface area contributed by atoms with Gasteiger partial charge >= 0.3 is 6.03 Å². The molecule has 2 heterocycles. The third-order valence-electron chi connectivity index (χ3n) is 2.78. The molecular formula is C13H16N4O. The van der Waals surface area contributed by atoms with Gasteiger partial charge in [0.15, 0.2) is 0 Å². The minimum atomic E-state index is -0.463. The molecule has 1 amide bonds. The quantitative estimate of drug-likeness (QED) is 0.879. The van der Waals surface area contributed by atoms with Crippen LogP contribution >= 0.6 is 0 Å². The number of amides is 1. The van der Waals surface area contributed by atoms with Crippen LogP contribution in [0.2, 0.25) is 0 Å². The first-order valence-corrected chi connectivity index (χ1v) is 5.73. The number of nitrogens with one attached hydrogen (secondary N) is 1. The second kappa shape index (κ2) is 4.60. The highest BCUT2D eigenvalue weighted by atomic mass is 16.2. The van der Waals surface area contributed by atoms with Crippen LogP contribution in [-0.2, 0) is 5.54 Å². The van der Waals surface area contributed by atoms with Crippen molar-refractivity contribution in [2.75, 3.05) is 0 Å². The highest BCUT2D eigenvalue weighted by Crippen LogP contribution is 2.20. The van der Waals surface area contributed by atoms with Crippen LogP contribution < -0.4 is 5.32 Å². The van der Waals surface area contributed by atoms with Crippen molar-refractivity contribution in [3.05, 3.63) is 48.3 Å². The zero-order valence-electron chi connectivity index (χ0n) is 10.7. The van der Waals surface area contributed by atoms with Crippen molar-refractivity contribution >= 4 is 6.03 Å². The normalized spacial score (nSPS) is 11.3. The minimum absolute atomic E-state index is 0.202. The molecule has 0 fully saturated rings. The molecule has 0 saturated heterocycles. The number of nitrogens with zero attached hydrogens (tertiary/aromatic N) is 3. The lowest BCUT2D eigenvalue weighted by atomic mass is 9.95. The van der Waals surface area contributed by atoms with Gasteiger partial charge in [0.25, 0.3) is 0 Å². The van der Waals surface area contributed by atoms with Crippen LogP contribution in [0.25, 0.3) is 0 Å². The van der Waals surface area contributed by atoms with Crippen LogP contribution in [0.4, 0.5) is 4.79 Å². The van der Waals surface area contributed by atoms with Crippen LogP contribution in [0, 0.1) is 6.92 Å². The summed E-state index contributed by atoms with van der Waals surface area (Å²) in [4.78, 5) is 20.0. The van der Waals surface area contributed by atoms with Gasteiger partial charge in [0.1, 0.15) is 6.33 Å². The molecule has 2 aromatic rings. The van der Waals surface area contributed by atoms with Crippen LogP contribution in [0.5, 0.6) is 0 Å². The molecule has 2 rings (SSSR count). The van der Waals surface area contributed by atoms with Crippen molar-refractivity contribution in [3.8, 4) is 0 Å². The lowest BCUT2D eigenvalue weighted by Crippen LogP contribution is -2.42. The lowest BCUT2D eigenvalue weighted by molar-refractivity contribution is 0.231. The number of rotatable bonds is 2. The van der Waals surface area contributed by atoms with E-state index in [1.165, 1.54) is 10.9 Å². The Morgan fingerprint density at radius 3 is 2.78 bits per heavy atom. The van der Waals surface area contributed by atoms with E-state index < -0.39 is 5.54 Å². The molecule has 5 nitrogen and oxygen atoms in total. The number of imidazole rings is 1. The van der Waals surface area contributed by atoms with E-state index in [2.05, 4.69) is 15.3 Å². The average molecular weight is 244 g/mol. The number of hydrogen-bond donors (Lipinski definition) is 1. The first-order valence-electron chi connectivity index (χ1n) is 5.73. The fourth-order valence-corrected chi connectivity index (χ4v) is 1.72. The molecule has 0 atom stereocenters. The van der Waals surface area contributed by atoms with Crippen molar-refractivity contribution in [3.63, 3.8) is 0 Å². The van der Waals surface area contributed by atoms with Crippen LogP contribution in [-0.4, -0.2) is 20.6 Å². The predicted octanol–water partition coefficient (Wildman–Crippen LogP) is 2.08. The molecule has 0 bridgehead atoms. The maximum absolute atomic E-state index is 12.0. The zero-order valence-corrected chi connectivity index (χ0v) is 10.7. The van der Waals surface area contributed by atoms with E-state index in [1.54, 1.807) is 18.6 Å². The molecule has 0 aliphatic carbocycles. The first-order chi connectivity index (χ1) is 8.49. The summed E-state index contributed by atoms with van der Waals surface area (Å²) in [6.07, 6.45) is 6.41. The second-order valence-corrected chi connectivity index (χ2v) is 4.71. The summed E-state index contributed by atoms with van der Waals surface area (Å²) in [6, 6.07) is 3.67. The Bertz CT molecular complexity index is 546. The summed E-state index contributed by atoms with van der Waals surface area (Å²) in [7, 11) is 0. The van der Waals surface area contributed by atoms with Crippen molar-refractivity contribution in [1.82, 2.24) is 19.9 Å². The van der Waals surface area contributed by atoms with Gasteiger partial charge in [-0.05, 0) is 38.5 Å². The van der Waals surface area contributed by atoms with E-state index in [4.69, 9.17) is 0 Å². The number of aryl methyl sites for hydroxylation is 1. The first kappa shape index (κ1) is 12.3. The molecule has 5 heteroatoms. The van der Waals surface area contributed by atoms with Gasteiger partial charge in [-0.25, -0.2) is 9.78 Å². The summed E-state index contributed by atoms with van der Waals surface area (Å²) in [6.45, 7) is 5.84. The van der Waals surface area contributed by atoms with E-state index in [0.29, 0.717) is 0 Å². The number of carbonyl (C=O) groups is 1. The van der Waals surface area contributed by atoms with Crippen LogP contribution in [0.3, 0.4) is 0 Å². The molecule has 0 aliphatic rings. The van der Waals surface area contributed by atoms with Crippen molar-refractivity contribution in [2.24, 2.45) is 0 Å². The fourth-order valence-electron chi connectivity index (χ4n) is 1.72. The monoisotopic (exact) mass is 244 g/mol. The Morgan fingerprint density at radius 2 is 2.17 bits per heavy atom. The number of pyridine rings is 1. The molecule has 1 N–H and O–H groups in total. The van der Waals surface area contributed by atoms with Gasteiger partial charge in [-0.1, -0.05) is 0 Å². The zero-order chi connectivity index (χ0) is 13.2. The maximum Gasteiger partial charge on any atom is 0.327 e. The smallest absolute Gasteiger partial charge is 0.327 e. The summed E-state index contributed by atoms with van der Waals surface area (Å²) in [5.74, 6) is 0. The Balaban J connectivity index is 2.19. The van der Waals surface area contributed by atoms with Gasteiger partial charge in [-0.2, -0.15) is 0 Å². The third kappa shape index (κ3) is 2.56. The maximum atomic E-state index is 12.0. The largest absolute Gasteiger partial charge is 0.328 e. The van der Waals surface area contributed by atoms with Gasteiger partial charge < -0.3 is 5.32 Å². The van der Waals surface area contributed by atoms with Gasteiger partial charge in [0.2, 0.25) is 0 Å². The Hall–Kier alpha value is -2.17. The molecule has 94 valence electrons. The summed E-state index contributed by atoms with van der Waals surface area (Å²) in [5.41, 5.74) is 1.48. The standard InChI is InChI=1S/C13H16N4O/c1-10-8-11(4-5-15-10)13(2,3)16-12(18)17-7-6-14-9-17/h4-9H,1-3H3,(H,16,18). The van der Waals surface area contributed by atoms with Gasteiger partial charge in [0.05, 0.1) is 5.54 Å². The van der Waals surface area contributed by atoms with Crippen molar-refractivity contribution in [1.29, 1.82) is 0 Å². The Kier molecular flexibility index (Phi) is 3.14. The van der Waals surface area contributed by atoms with Gasteiger partial charge in [-0.3, -0.25) is 9.55 Å². The van der Waals surface area contributed by atoms with E-state index in [9.17, 15) is 4.79 Å². The third-order valence-corrected chi connectivity index (χ3v) is 2.78. The van der Waals surface area contributed by atoms with Crippen LogP contribution in [0.15, 0.2) is 37.1 Å². The molecule has 18 heavy (non-hydrogen) atoms. The summed E-state index contributed by atoms with van der Waals surface area (Å²) >= 11 is 0. The number of carbonyl (C=O) groups excluding carboxylic acids is 1. The highest BCUT2D eigenvalue weighted by molar-refractivity contribution is 5.77. The summed E-state index contributed by atoms with van der Waals surface area (Å²) in [5, 5.41) is 2.96. The predicted molar refractivity (Wildman–Crippen MR) is 68.2 cm³/mol. The summed E-state index contributed by atoms with van der Waals surface area (Å²) < 4.78 is 1.41. The Morgan fingerprint density at radius 1 is 1.39 bits per heavy atom. The van der Waals surface area contributed by atoms with E-state index >= 15 is 0 Å². The average Bonchev–Trinajstić information content (AvgIpc) is 2.82. The molecule has 0 radical (unpaired) electrons. The highest BCUT2D eigenvalue weighted by Gasteiger charge is 2.23. The van der Waals surface area contributed by atoms with Crippen molar-refractivity contribution < 1.29 is 4.79 Å². The van der Waals surface area contributed by atoms with E-state index in [-0.39, 0.29) is 6.03 Å². The number of hydrogen-bond acceptors (Lipinski definition) is 3. The minimum Gasteiger partial charge on any atom is -0.328 e. The van der Waals surface area contributed by atoms with Crippen LogP contribution in [0.1, 0.15) is 25.1 Å². The fraction of sp³-hybridized carbons (Fsp3) is 0.308. The van der Waals surface area contributed by atoms with E-state index in [1.807, 2.05) is 32.9 Å². The molecular weight excluding hydrogens is 228 g/mol. The second-order valence-electron chi connectivity index (χ2n) is 4.71. The number of aromatic nitrogens is 3. The molecule has 0 aromatic carbocycles. The van der Waals surface area contributed by atoms with Gasteiger partial charge in [0, 0.05) is 24.3 Å². The molecule has 0 spiro atoms. The topological polar surface area (TPSA) is 59.8 Å². The molecule has 0 saturated carbocycles. The molecule has 0 aliphatic heterocycles. The lowest BCUT2D eigenvalue weighted by Gasteiger charge is -2.27. The molecule has 2 aromatic heterocycles. The molecule has 0 unspecified atom stereocenters. The van der Waals surface area contributed by atoms with E-state index in [0.717, 1.165) is 11.3 Å². The van der Waals surface area contributed by atoms with Crippen molar-refractivity contribution in [2.45, 2.75) is 26.3 Å².